The minimum absolute atomic E-state index is 0.0264. The van der Waals surface area contributed by atoms with Crippen molar-refractivity contribution in [1.29, 1.82) is 0 Å². The normalized spacial score (nSPS) is 14.4. The van der Waals surface area contributed by atoms with Crippen LogP contribution in [0.4, 0.5) is 0 Å². The lowest BCUT2D eigenvalue weighted by atomic mass is 9.99. The topological polar surface area (TPSA) is 75.7 Å². The zero-order valence-corrected chi connectivity index (χ0v) is 10.2. The summed E-state index contributed by atoms with van der Waals surface area (Å²) < 4.78 is 5.57. The highest BCUT2D eigenvalue weighted by atomic mass is 16.5. The first-order valence-corrected chi connectivity index (χ1v) is 5.80. The van der Waals surface area contributed by atoms with Gasteiger partial charge in [0.15, 0.2) is 0 Å². The molecular formula is C13H21NO3. The van der Waals surface area contributed by atoms with Crippen LogP contribution in [0.1, 0.15) is 25.3 Å². The molecule has 0 aliphatic rings. The summed E-state index contributed by atoms with van der Waals surface area (Å²) in [6.07, 6.45) is 1.47. The number of nitrogens with two attached hydrogens (primary N) is 1. The molecule has 1 unspecified atom stereocenters. The quantitative estimate of drug-likeness (QED) is 0.622. The van der Waals surface area contributed by atoms with Gasteiger partial charge in [0.05, 0.1) is 19.8 Å². The monoisotopic (exact) mass is 239 g/mol. The summed E-state index contributed by atoms with van der Waals surface area (Å²) in [6.45, 7) is 2.29. The van der Waals surface area contributed by atoms with Crippen LogP contribution >= 0.6 is 0 Å². The van der Waals surface area contributed by atoms with Gasteiger partial charge in [-0.2, -0.15) is 0 Å². The van der Waals surface area contributed by atoms with Gasteiger partial charge in [0, 0.05) is 11.1 Å². The average molecular weight is 239 g/mol. The fourth-order valence-corrected chi connectivity index (χ4v) is 1.51. The molecule has 0 spiro atoms. The molecule has 0 aliphatic heterocycles. The highest BCUT2D eigenvalue weighted by Gasteiger charge is 2.16. The molecule has 0 radical (unpaired) electrons. The maximum absolute atomic E-state index is 9.11. The van der Waals surface area contributed by atoms with Gasteiger partial charge in [0.2, 0.25) is 0 Å². The van der Waals surface area contributed by atoms with Gasteiger partial charge < -0.3 is 20.7 Å². The second kappa shape index (κ2) is 6.59. The van der Waals surface area contributed by atoms with Crippen molar-refractivity contribution in [2.75, 3.05) is 13.2 Å². The lowest BCUT2D eigenvalue weighted by Crippen LogP contribution is -2.40. The summed E-state index contributed by atoms with van der Waals surface area (Å²) in [5.41, 5.74) is 6.05. The standard InChI is InChI=1S/C13H21NO3/c1-13(14,10-16)7-4-8-17-12-6-3-2-5-11(12)9-15/h2-3,5-6,15-16H,4,7-10,14H2,1H3. The zero-order valence-electron chi connectivity index (χ0n) is 10.2. The van der Waals surface area contributed by atoms with Crippen molar-refractivity contribution in [2.24, 2.45) is 5.73 Å². The van der Waals surface area contributed by atoms with Crippen molar-refractivity contribution in [3.05, 3.63) is 29.8 Å². The Morgan fingerprint density at radius 1 is 1.29 bits per heavy atom. The first-order valence-electron chi connectivity index (χ1n) is 5.80. The fourth-order valence-electron chi connectivity index (χ4n) is 1.51. The lowest BCUT2D eigenvalue weighted by Gasteiger charge is -2.21. The maximum Gasteiger partial charge on any atom is 0.124 e. The Morgan fingerprint density at radius 3 is 2.65 bits per heavy atom. The van der Waals surface area contributed by atoms with Crippen molar-refractivity contribution in [3.8, 4) is 5.75 Å². The number of benzene rings is 1. The van der Waals surface area contributed by atoms with E-state index < -0.39 is 5.54 Å². The van der Waals surface area contributed by atoms with Gasteiger partial charge in [-0.1, -0.05) is 18.2 Å². The van der Waals surface area contributed by atoms with Crippen LogP contribution in [0.5, 0.6) is 5.75 Å². The van der Waals surface area contributed by atoms with Crippen molar-refractivity contribution >= 4 is 0 Å². The van der Waals surface area contributed by atoms with Crippen LogP contribution in [0.2, 0.25) is 0 Å². The smallest absolute Gasteiger partial charge is 0.124 e. The number of rotatable bonds is 7. The summed E-state index contributed by atoms with van der Waals surface area (Å²) in [5, 5.41) is 18.1. The van der Waals surface area contributed by atoms with Gasteiger partial charge in [0.1, 0.15) is 5.75 Å². The van der Waals surface area contributed by atoms with Crippen molar-refractivity contribution in [3.63, 3.8) is 0 Å². The number of para-hydroxylation sites is 1. The molecule has 1 aromatic carbocycles. The first-order chi connectivity index (χ1) is 8.09. The lowest BCUT2D eigenvalue weighted by molar-refractivity contribution is 0.187. The first kappa shape index (κ1) is 14.0. The summed E-state index contributed by atoms with van der Waals surface area (Å²) in [5.74, 6) is 0.706. The summed E-state index contributed by atoms with van der Waals surface area (Å²) in [7, 11) is 0. The molecule has 4 heteroatoms. The Hall–Kier alpha value is -1.10. The molecule has 0 saturated carbocycles. The fraction of sp³-hybridized carbons (Fsp3) is 0.538. The average Bonchev–Trinajstić information content (AvgIpc) is 2.35. The van der Waals surface area contributed by atoms with E-state index in [9.17, 15) is 0 Å². The molecule has 1 aromatic rings. The van der Waals surface area contributed by atoms with Gasteiger partial charge in [-0.25, -0.2) is 0 Å². The summed E-state index contributed by atoms with van der Waals surface area (Å²) in [4.78, 5) is 0. The number of aliphatic hydroxyl groups excluding tert-OH is 2. The van der Waals surface area contributed by atoms with Gasteiger partial charge in [-0.3, -0.25) is 0 Å². The molecule has 17 heavy (non-hydrogen) atoms. The van der Waals surface area contributed by atoms with Gasteiger partial charge in [-0.15, -0.1) is 0 Å². The Bertz CT molecular complexity index is 339. The van der Waals surface area contributed by atoms with Crippen LogP contribution in [0, 0.1) is 0 Å². The molecule has 0 aromatic heterocycles. The van der Waals surface area contributed by atoms with E-state index in [1.54, 1.807) is 0 Å². The third kappa shape index (κ3) is 4.73. The van der Waals surface area contributed by atoms with Crippen molar-refractivity contribution in [2.45, 2.75) is 31.9 Å². The zero-order chi connectivity index (χ0) is 12.7. The molecule has 0 bridgehead atoms. The Morgan fingerprint density at radius 2 is 2.00 bits per heavy atom. The highest BCUT2D eigenvalue weighted by Crippen LogP contribution is 2.18. The van der Waals surface area contributed by atoms with Crippen LogP contribution in [-0.4, -0.2) is 29.0 Å². The summed E-state index contributed by atoms with van der Waals surface area (Å²) >= 11 is 0. The van der Waals surface area contributed by atoms with E-state index in [2.05, 4.69) is 0 Å². The molecule has 0 saturated heterocycles. The molecule has 96 valence electrons. The van der Waals surface area contributed by atoms with Crippen LogP contribution in [0.15, 0.2) is 24.3 Å². The van der Waals surface area contributed by atoms with Gasteiger partial charge in [-0.05, 0) is 25.8 Å². The number of ether oxygens (including phenoxy) is 1. The van der Waals surface area contributed by atoms with E-state index in [0.29, 0.717) is 18.8 Å². The van der Waals surface area contributed by atoms with E-state index in [-0.39, 0.29) is 13.2 Å². The van der Waals surface area contributed by atoms with E-state index in [1.807, 2.05) is 31.2 Å². The number of hydrogen-bond acceptors (Lipinski definition) is 4. The van der Waals surface area contributed by atoms with Crippen LogP contribution in [0.3, 0.4) is 0 Å². The molecule has 0 amide bonds. The predicted octanol–water partition coefficient (Wildman–Crippen LogP) is 1.05. The van der Waals surface area contributed by atoms with E-state index in [1.165, 1.54) is 0 Å². The van der Waals surface area contributed by atoms with E-state index in [4.69, 9.17) is 20.7 Å². The van der Waals surface area contributed by atoms with Crippen LogP contribution < -0.4 is 10.5 Å². The minimum Gasteiger partial charge on any atom is -0.493 e. The second-order valence-electron chi connectivity index (χ2n) is 4.53. The molecule has 0 aliphatic carbocycles. The SMILES string of the molecule is CC(N)(CO)CCCOc1ccccc1CO. The number of hydrogen-bond donors (Lipinski definition) is 3. The maximum atomic E-state index is 9.11. The largest absolute Gasteiger partial charge is 0.493 e. The van der Waals surface area contributed by atoms with Crippen molar-refractivity contribution < 1.29 is 14.9 Å². The van der Waals surface area contributed by atoms with Crippen molar-refractivity contribution in [1.82, 2.24) is 0 Å². The Balaban J connectivity index is 2.36. The highest BCUT2D eigenvalue weighted by molar-refractivity contribution is 5.32. The van der Waals surface area contributed by atoms with Crippen LogP contribution in [0.25, 0.3) is 0 Å². The Kier molecular flexibility index (Phi) is 5.41. The van der Waals surface area contributed by atoms with Crippen LogP contribution in [-0.2, 0) is 6.61 Å². The molecular weight excluding hydrogens is 218 g/mol. The summed E-state index contributed by atoms with van der Waals surface area (Å²) in [6, 6.07) is 7.39. The molecule has 4 N–H and O–H groups in total. The third-order valence-electron chi connectivity index (χ3n) is 2.65. The van der Waals surface area contributed by atoms with Gasteiger partial charge >= 0.3 is 0 Å². The number of aliphatic hydroxyl groups is 2. The molecule has 4 nitrogen and oxygen atoms in total. The molecule has 1 rings (SSSR count). The second-order valence-corrected chi connectivity index (χ2v) is 4.53. The molecule has 0 heterocycles. The third-order valence-corrected chi connectivity index (χ3v) is 2.65. The minimum atomic E-state index is -0.542. The molecule has 1 atom stereocenters. The van der Waals surface area contributed by atoms with E-state index >= 15 is 0 Å². The predicted molar refractivity (Wildman–Crippen MR) is 66.8 cm³/mol. The molecule has 0 fully saturated rings. The van der Waals surface area contributed by atoms with E-state index in [0.717, 1.165) is 12.0 Å². The van der Waals surface area contributed by atoms with Gasteiger partial charge in [0.25, 0.3) is 0 Å². The Labute approximate surface area is 102 Å².